The highest BCUT2D eigenvalue weighted by Crippen LogP contribution is 1.99. The van der Waals surface area contributed by atoms with Crippen molar-refractivity contribution in [2.45, 2.75) is 6.42 Å². The molecule has 0 aliphatic rings. The molecule has 0 heterocycles. The molecule has 1 N–H and O–H groups in total. The zero-order valence-electron chi connectivity index (χ0n) is 4.96. The van der Waals surface area contributed by atoms with Gasteiger partial charge in [-0.2, -0.15) is 0 Å². The molecule has 0 radical (unpaired) electrons. The van der Waals surface area contributed by atoms with Crippen molar-refractivity contribution >= 4 is 6.16 Å². The van der Waals surface area contributed by atoms with Crippen molar-refractivity contribution in [1.29, 1.82) is 0 Å². The minimum atomic E-state index is -1.33. The SMILES string of the molecule is C=CCC(=C)OC(=O)O. The molecule has 3 nitrogen and oxygen atoms in total. The second-order valence-corrected chi connectivity index (χ2v) is 1.40. The Hall–Kier alpha value is -1.25. The van der Waals surface area contributed by atoms with Crippen LogP contribution in [0.15, 0.2) is 25.0 Å². The Bertz CT molecular complexity index is 137. The Morgan fingerprint density at radius 1 is 1.78 bits per heavy atom. The van der Waals surface area contributed by atoms with Crippen molar-refractivity contribution in [3.05, 3.63) is 25.0 Å². The molecule has 0 saturated heterocycles. The van der Waals surface area contributed by atoms with Gasteiger partial charge in [-0.25, -0.2) is 4.79 Å². The van der Waals surface area contributed by atoms with E-state index in [0.717, 1.165) is 0 Å². The summed E-state index contributed by atoms with van der Waals surface area (Å²) in [5, 5.41) is 7.99. The van der Waals surface area contributed by atoms with E-state index in [1.807, 2.05) is 0 Å². The fraction of sp³-hybridized carbons (Fsp3) is 0.167. The number of hydrogen-bond donors (Lipinski definition) is 1. The first-order valence-corrected chi connectivity index (χ1v) is 2.36. The molecule has 50 valence electrons. The predicted molar refractivity (Wildman–Crippen MR) is 33.1 cm³/mol. The van der Waals surface area contributed by atoms with Gasteiger partial charge in [0, 0.05) is 6.42 Å². The van der Waals surface area contributed by atoms with E-state index in [-0.39, 0.29) is 5.76 Å². The Balaban J connectivity index is 3.50. The minimum absolute atomic E-state index is 0.192. The fourth-order valence-corrected chi connectivity index (χ4v) is 0.326. The monoisotopic (exact) mass is 128 g/mol. The summed E-state index contributed by atoms with van der Waals surface area (Å²) in [6.07, 6.45) is 0.555. The third kappa shape index (κ3) is 4.61. The number of rotatable bonds is 3. The van der Waals surface area contributed by atoms with Crippen LogP contribution in [0, 0.1) is 0 Å². The van der Waals surface area contributed by atoms with Gasteiger partial charge in [-0.3, -0.25) is 0 Å². The molecule has 0 saturated carbocycles. The molecule has 0 bridgehead atoms. The average molecular weight is 128 g/mol. The molecule has 0 aromatic rings. The smallest absolute Gasteiger partial charge is 0.449 e. The lowest BCUT2D eigenvalue weighted by molar-refractivity contribution is 0.118. The summed E-state index contributed by atoms with van der Waals surface area (Å²) >= 11 is 0. The van der Waals surface area contributed by atoms with Crippen LogP contribution in [0.5, 0.6) is 0 Å². The summed E-state index contributed by atoms with van der Waals surface area (Å²) < 4.78 is 4.14. The van der Waals surface area contributed by atoms with Gasteiger partial charge in [0.25, 0.3) is 0 Å². The first-order chi connectivity index (χ1) is 4.16. The van der Waals surface area contributed by atoms with Crippen LogP contribution in [-0.4, -0.2) is 11.3 Å². The van der Waals surface area contributed by atoms with Crippen LogP contribution in [0.3, 0.4) is 0 Å². The Morgan fingerprint density at radius 3 is 2.67 bits per heavy atom. The molecule has 0 atom stereocenters. The molecule has 0 aromatic carbocycles. The van der Waals surface area contributed by atoms with Crippen LogP contribution < -0.4 is 0 Å². The number of carbonyl (C=O) groups is 1. The zero-order chi connectivity index (χ0) is 7.28. The summed E-state index contributed by atoms with van der Waals surface area (Å²) in [4.78, 5) is 9.77. The van der Waals surface area contributed by atoms with E-state index in [9.17, 15) is 4.79 Å². The third-order valence-electron chi connectivity index (χ3n) is 0.604. The summed E-state index contributed by atoms with van der Waals surface area (Å²) in [5.74, 6) is 0.192. The quantitative estimate of drug-likeness (QED) is 0.358. The van der Waals surface area contributed by atoms with Crippen LogP contribution in [0.25, 0.3) is 0 Å². The zero-order valence-corrected chi connectivity index (χ0v) is 4.96. The Labute approximate surface area is 53.3 Å². The summed E-state index contributed by atoms with van der Waals surface area (Å²) in [5.41, 5.74) is 0. The summed E-state index contributed by atoms with van der Waals surface area (Å²) in [7, 11) is 0. The van der Waals surface area contributed by atoms with Crippen LogP contribution in [0.4, 0.5) is 4.79 Å². The maximum Gasteiger partial charge on any atom is 0.511 e. The highest BCUT2D eigenvalue weighted by Gasteiger charge is 1.97. The number of allylic oxidation sites excluding steroid dienone is 1. The average Bonchev–Trinajstić information content (AvgIpc) is 1.63. The molecule has 9 heavy (non-hydrogen) atoms. The van der Waals surface area contributed by atoms with Gasteiger partial charge in [0.15, 0.2) is 0 Å². The maximum atomic E-state index is 9.77. The van der Waals surface area contributed by atoms with Crippen molar-refractivity contribution in [3.8, 4) is 0 Å². The van der Waals surface area contributed by atoms with Crippen molar-refractivity contribution in [1.82, 2.24) is 0 Å². The molecule has 0 amide bonds. The van der Waals surface area contributed by atoms with Gasteiger partial charge in [0.05, 0.1) is 0 Å². The second kappa shape index (κ2) is 3.72. The standard InChI is InChI=1S/C6H8O3/c1-3-4-5(2)9-6(7)8/h3H,1-2,4H2,(H,7,8). The van der Waals surface area contributed by atoms with E-state index in [1.54, 1.807) is 0 Å². The maximum absolute atomic E-state index is 9.77. The normalized spacial score (nSPS) is 8.00. The van der Waals surface area contributed by atoms with Crippen molar-refractivity contribution in [3.63, 3.8) is 0 Å². The second-order valence-electron chi connectivity index (χ2n) is 1.40. The van der Waals surface area contributed by atoms with Gasteiger partial charge >= 0.3 is 6.16 Å². The van der Waals surface area contributed by atoms with E-state index in [2.05, 4.69) is 17.9 Å². The molecule has 0 aromatic heterocycles. The Kier molecular flexibility index (Phi) is 3.20. The van der Waals surface area contributed by atoms with Gasteiger partial charge in [-0.1, -0.05) is 12.7 Å². The van der Waals surface area contributed by atoms with Gasteiger partial charge in [-0.15, -0.1) is 6.58 Å². The summed E-state index contributed by atoms with van der Waals surface area (Å²) in [6.45, 7) is 6.68. The topological polar surface area (TPSA) is 46.5 Å². The molecular formula is C6H8O3. The molecule has 0 spiro atoms. The lowest BCUT2D eigenvalue weighted by Gasteiger charge is -1.97. The number of hydrogen-bond acceptors (Lipinski definition) is 2. The molecule has 0 aliphatic carbocycles. The highest BCUT2D eigenvalue weighted by molar-refractivity contribution is 5.58. The van der Waals surface area contributed by atoms with E-state index in [1.165, 1.54) is 6.08 Å². The van der Waals surface area contributed by atoms with Crippen LogP contribution >= 0.6 is 0 Å². The minimum Gasteiger partial charge on any atom is -0.449 e. The van der Waals surface area contributed by atoms with Crippen molar-refractivity contribution in [2.75, 3.05) is 0 Å². The lowest BCUT2D eigenvalue weighted by Crippen LogP contribution is -1.97. The molecule has 0 aliphatic heterocycles. The van der Waals surface area contributed by atoms with Crippen molar-refractivity contribution < 1.29 is 14.6 Å². The van der Waals surface area contributed by atoms with Gasteiger partial charge < -0.3 is 9.84 Å². The van der Waals surface area contributed by atoms with Gasteiger partial charge in [0.2, 0.25) is 0 Å². The molecule has 3 heteroatoms. The lowest BCUT2D eigenvalue weighted by atomic mass is 10.4. The largest absolute Gasteiger partial charge is 0.511 e. The fourth-order valence-electron chi connectivity index (χ4n) is 0.326. The third-order valence-corrected chi connectivity index (χ3v) is 0.604. The van der Waals surface area contributed by atoms with E-state index < -0.39 is 6.16 Å². The number of carboxylic acid groups (broad SMARTS) is 1. The van der Waals surface area contributed by atoms with Gasteiger partial charge in [-0.05, 0) is 0 Å². The molecule has 0 unspecified atom stereocenters. The first-order valence-electron chi connectivity index (χ1n) is 2.36. The van der Waals surface area contributed by atoms with E-state index in [4.69, 9.17) is 5.11 Å². The van der Waals surface area contributed by atoms with Crippen molar-refractivity contribution in [2.24, 2.45) is 0 Å². The molecular weight excluding hydrogens is 120 g/mol. The van der Waals surface area contributed by atoms with Gasteiger partial charge in [0.1, 0.15) is 5.76 Å². The Morgan fingerprint density at radius 2 is 2.33 bits per heavy atom. The van der Waals surface area contributed by atoms with Crippen LogP contribution in [-0.2, 0) is 4.74 Å². The molecule has 0 rings (SSSR count). The number of ether oxygens (including phenoxy) is 1. The summed E-state index contributed by atoms with van der Waals surface area (Å²) in [6, 6.07) is 0. The van der Waals surface area contributed by atoms with E-state index in [0.29, 0.717) is 6.42 Å². The predicted octanol–water partition coefficient (Wildman–Crippen LogP) is 1.77. The highest BCUT2D eigenvalue weighted by atomic mass is 16.7. The molecule has 0 fully saturated rings. The van der Waals surface area contributed by atoms with Crippen LogP contribution in [0.1, 0.15) is 6.42 Å². The first kappa shape index (κ1) is 7.75. The van der Waals surface area contributed by atoms with Crippen LogP contribution in [0.2, 0.25) is 0 Å². The van der Waals surface area contributed by atoms with E-state index >= 15 is 0 Å².